The summed E-state index contributed by atoms with van der Waals surface area (Å²) >= 11 is 6.27. The number of guanidine groups is 1. The zero-order valence-corrected chi connectivity index (χ0v) is 15.3. The fourth-order valence-electron chi connectivity index (χ4n) is 3.48. The number of carbonyl (C=O) groups excluding carboxylic acids is 1. The number of carbonyl (C=O) groups is 1. The lowest BCUT2D eigenvalue weighted by Gasteiger charge is -2.40. The molecule has 0 saturated heterocycles. The normalized spacial score (nSPS) is 15.3. The maximum atomic E-state index is 13.4. The number of amides is 2. The van der Waals surface area contributed by atoms with Crippen molar-refractivity contribution < 1.29 is 9.18 Å². The molecule has 0 bridgehead atoms. The second-order valence-electron chi connectivity index (χ2n) is 7.02. The van der Waals surface area contributed by atoms with Crippen LogP contribution >= 0.6 is 11.6 Å². The number of nitrogens with two attached hydrogens (primary N) is 2. The van der Waals surface area contributed by atoms with Crippen LogP contribution in [-0.4, -0.2) is 23.4 Å². The fraction of sp³-hybridized carbons (Fsp3) is 0.263. The van der Waals surface area contributed by atoms with Gasteiger partial charge in [-0.15, -0.1) is 0 Å². The predicted molar refractivity (Wildman–Crippen MR) is 101 cm³/mol. The Kier molecular flexibility index (Phi) is 4.63. The molecule has 0 aromatic heterocycles. The minimum atomic E-state index is -0.483. The van der Waals surface area contributed by atoms with E-state index in [1.54, 1.807) is 11.0 Å². The number of hydrogen-bond acceptors (Lipinski definition) is 1. The van der Waals surface area contributed by atoms with Crippen LogP contribution < -0.4 is 11.5 Å². The van der Waals surface area contributed by atoms with E-state index in [4.69, 9.17) is 23.1 Å². The third-order valence-corrected chi connectivity index (χ3v) is 4.87. The first-order valence-corrected chi connectivity index (χ1v) is 8.53. The van der Waals surface area contributed by atoms with Crippen LogP contribution in [0, 0.1) is 5.82 Å². The second kappa shape index (κ2) is 6.61. The third kappa shape index (κ3) is 3.37. The number of halogens is 2. The Balaban J connectivity index is 2.13. The van der Waals surface area contributed by atoms with E-state index < -0.39 is 11.8 Å². The standard InChI is InChI=1S/C19H20ClFN4O/c1-19(2)10-25(18(26)24-17(22)23)9-14-12(4-3-5-15(14)19)13-7-6-11(21)8-16(13)20/h3-8H,9-10H2,1-2H3,(H4,22,23,24,26). The number of rotatable bonds is 1. The molecule has 2 amide bonds. The molecule has 4 N–H and O–H groups in total. The van der Waals surface area contributed by atoms with Crippen LogP contribution in [0.4, 0.5) is 9.18 Å². The van der Waals surface area contributed by atoms with Crippen LogP contribution in [0.15, 0.2) is 41.4 Å². The van der Waals surface area contributed by atoms with E-state index in [0.29, 0.717) is 18.1 Å². The molecule has 136 valence electrons. The summed E-state index contributed by atoms with van der Waals surface area (Å²) in [5, 5.41) is 0.323. The van der Waals surface area contributed by atoms with Crippen LogP contribution in [0.25, 0.3) is 11.1 Å². The van der Waals surface area contributed by atoms with E-state index in [1.165, 1.54) is 12.1 Å². The number of hydrogen-bond donors (Lipinski definition) is 2. The fourth-order valence-corrected chi connectivity index (χ4v) is 3.75. The lowest BCUT2D eigenvalue weighted by molar-refractivity contribution is 0.183. The molecule has 1 heterocycles. The molecule has 0 fully saturated rings. The van der Waals surface area contributed by atoms with Gasteiger partial charge in [-0.1, -0.05) is 43.6 Å². The van der Waals surface area contributed by atoms with E-state index in [1.807, 2.05) is 18.2 Å². The maximum Gasteiger partial charge on any atom is 0.347 e. The SMILES string of the molecule is CC1(C)CN(C(=O)N=C(N)N)Cc2c(-c3ccc(F)cc3Cl)cccc21. The molecular weight excluding hydrogens is 355 g/mol. The van der Waals surface area contributed by atoms with Crippen LogP contribution in [-0.2, 0) is 12.0 Å². The summed E-state index contributed by atoms with van der Waals surface area (Å²) < 4.78 is 13.4. The lowest BCUT2D eigenvalue weighted by Crippen LogP contribution is -2.45. The van der Waals surface area contributed by atoms with Gasteiger partial charge in [-0.3, -0.25) is 0 Å². The molecule has 3 rings (SSSR count). The van der Waals surface area contributed by atoms with Crippen LogP contribution in [0.1, 0.15) is 25.0 Å². The molecule has 7 heteroatoms. The number of benzene rings is 2. The maximum absolute atomic E-state index is 13.4. The van der Waals surface area contributed by atoms with Crippen molar-refractivity contribution in [3.8, 4) is 11.1 Å². The van der Waals surface area contributed by atoms with Crippen molar-refractivity contribution in [2.45, 2.75) is 25.8 Å². The molecule has 1 aliphatic rings. The van der Waals surface area contributed by atoms with Crippen LogP contribution in [0.2, 0.25) is 5.02 Å². The summed E-state index contributed by atoms with van der Waals surface area (Å²) in [6.45, 7) is 4.93. The van der Waals surface area contributed by atoms with E-state index >= 15 is 0 Å². The smallest absolute Gasteiger partial charge is 0.347 e. The van der Waals surface area contributed by atoms with Gasteiger partial charge < -0.3 is 16.4 Å². The summed E-state index contributed by atoms with van der Waals surface area (Å²) in [5.41, 5.74) is 14.0. The topological polar surface area (TPSA) is 84.7 Å². The van der Waals surface area contributed by atoms with Crippen molar-refractivity contribution in [2.24, 2.45) is 16.5 Å². The number of nitrogens with zero attached hydrogens (tertiary/aromatic N) is 2. The molecule has 0 radical (unpaired) electrons. The Bertz CT molecular complexity index is 906. The highest BCUT2D eigenvalue weighted by Crippen LogP contribution is 2.40. The van der Waals surface area contributed by atoms with Gasteiger partial charge in [0.2, 0.25) is 0 Å². The lowest BCUT2D eigenvalue weighted by atomic mass is 9.76. The first-order chi connectivity index (χ1) is 12.2. The molecule has 26 heavy (non-hydrogen) atoms. The van der Waals surface area contributed by atoms with Gasteiger partial charge in [0, 0.05) is 24.1 Å². The number of urea groups is 1. The molecule has 0 saturated carbocycles. The first-order valence-electron chi connectivity index (χ1n) is 8.15. The minimum absolute atomic E-state index is 0.270. The molecule has 2 aromatic rings. The van der Waals surface area contributed by atoms with Crippen molar-refractivity contribution in [3.63, 3.8) is 0 Å². The average Bonchev–Trinajstić information content (AvgIpc) is 2.53. The third-order valence-electron chi connectivity index (χ3n) is 4.56. The zero-order valence-electron chi connectivity index (χ0n) is 14.6. The van der Waals surface area contributed by atoms with E-state index in [0.717, 1.165) is 22.3 Å². The monoisotopic (exact) mass is 374 g/mol. The molecule has 0 atom stereocenters. The van der Waals surface area contributed by atoms with Crippen LogP contribution in [0.3, 0.4) is 0 Å². The Hall–Kier alpha value is -2.60. The highest BCUT2D eigenvalue weighted by atomic mass is 35.5. The summed E-state index contributed by atoms with van der Waals surface area (Å²) in [5.74, 6) is -0.665. The van der Waals surface area contributed by atoms with Gasteiger partial charge in [-0.05, 0) is 34.9 Å². The first kappa shape index (κ1) is 18.2. The predicted octanol–water partition coefficient (Wildman–Crippen LogP) is 3.63. The molecule has 5 nitrogen and oxygen atoms in total. The summed E-state index contributed by atoms with van der Waals surface area (Å²) in [6.07, 6.45) is 0. The molecule has 0 aliphatic carbocycles. The highest BCUT2D eigenvalue weighted by molar-refractivity contribution is 6.33. The molecule has 0 unspecified atom stereocenters. The van der Waals surface area contributed by atoms with Gasteiger partial charge in [0.25, 0.3) is 0 Å². The van der Waals surface area contributed by atoms with Crippen molar-refractivity contribution >= 4 is 23.6 Å². The van der Waals surface area contributed by atoms with Crippen molar-refractivity contribution in [2.75, 3.05) is 6.54 Å². The van der Waals surface area contributed by atoms with Gasteiger partial charge >= 0.3 is 6.03 Å². The molecular formula is C19H20ClFN4O. The van der Waals surface area contributed by atoms with E-state index in [-0.39, 0.29) is 11.4 Å². The second-order valence-corrected chi connectivity index (χ2v) is 7.42. The van der Waals surface area contributed by atoms with Crippen LogP contribution in [0.5, 0.6) is 0 Å². The summed E-state index contributed by atoms with van der Waals surface area (Å²) in [4.78, 5) is 17.6. The quantitative estimate of drug-likeness (QED) is 0.590. The van der Waals surface area contributed by atoms with Crippen molar-refractivity contribution in [1.29, 1.82) is 0 Å². The average molecular weight is 375 g/mol. The van der Waals surface area contributed by atoms with E-state index in [9.17, 15) is 9.18 Å². The van der Waals surface area contributed by atoms with Crippen molar-refractivity contribution in [1.82, 2.24) is 4.90 Å². The highest BCUT2D eigenvalue weighted by Gasteiger charge is 2.35. The molecule has 1 aliphatic heterocycles. The largest absolute Gasteiger partial charge is 0.370 e. The molecule has 2 aromatic carbocycles. The Morgan fingerprint density at radius 1 is 1.23 bits per heavy atom. The number of aliphatic imine (C=N–C) groups is 1. The van der Waals surface area contributed by atoms with Crippen molar-refractivity contribution in [3.05, 3.63) is 58.4 Å². The Morgan fingerprint density at radius 2 is 1.96 bits per heavy atom. The minimum Gasteiger partial charge on any atom is -0.370 e. The van der Waals surface area contributed by atoms with Gasteiger partial charge in [0.05, 0.1) is 5.02 Å². The van der Waals surface area contributed by atoms with Gasteiger partial charge in [-0.2, -0.15) is 4.99 Å². The Labute approximate surface area is 156 Å². The summed E-state index contributed by atoms with van der Waals surface area (Å²) in [7, 11) is 0. The van der Waals surface area contributed by atoms with Gasteiger partial charge in [-0.25, -0.2) is 9.18 Å². The molecule has 0 spiro atoms. The summed E-state index contributed by atoms with van der Waals surface area (Å²) in [6, 6.07) is 9.73. The Morgan fingerprint density at radius 3 is 2.62 bits per heavy atom. The zero-order chi connectivity index (χ0) is 19.1. The van der Waals surface area contributed by atoms with Gasteiger partial charge in [0.15, 0.2) is 5.96 Å². The van der Waals surface area contributed by atoms with E-state index in [2.05, 4.69) is 18.8 Å². The van der Waals surface area contributed by atoms with Gasteiger partial charge in [0.1, 0.15) is 5.82 Å². The number of fused-ring (bicyclic) bond motifs is 1.